The van der Waals surface area contributed by atoms with Gasteiger partial charge >= 0.3 is 5.97 Å². The molecular weight excluding hydrogens is 326 g/mol. The fourth-order valence-electron chi connectivity index (χ4n) is 3.24. The lowest BCUT2D eigenvalue weighted by molar-refractivity contribution is -0.144. The summed E-state index contributed by atoms with van der Waals surface area (Å²) in [5.74, 6) is -1.50. The van der Waals surface area contributed by atoms with Crippen molar-refractivity contribution in [2.45, 2.75) is 37.4 Å². The number of carboxylic acids is 1. The van der Waals surface area contributed by atoms with Gasteiger partial charge in [0.15, 0.2) is 6.04 Å². The summed E-state index contributed by atoms with van der Waals surface area (Å²) in [7, 11) is 0. The number of carbonyl (C=O) groups excluding carboxylic acids is 2. The van der Waals surface area contributed by atoms with Crippen molar-refractivity contribution < 1.29 is 24.2 Å². The molecule has 1 saturated heterocycles. The number of hydrogen-bond acceptors (Lipinski definition) is 5. The Balaban J connectivity index is 1.92. The molecule has 0 saturated carbocycles. The maximum Gasteiger partial charge on any atom is 0.329 e. The van der Waals surface area contributed by atoms with Gasteiger partial charge in [-0.2, -0.15) is 0 Å². The molecule has 25 heavy (non-hydrogen) atoms. The number of nitrogens with two attached hydrogens (primary N) is 1. The van der Waals surface area contributed by atoms with E-state index in [4.69, 9.17) is 10.5 Å². The van der Waals surface area contributed by atoms with Gasteiger partial charge in [0, 0.05) is 6.54 Å². The second-order valence-electron chi connectivity index (χ2n) is 6.36. The van der Waals surface area contributed by atoms with Crippen molar-refractivity contribution in [2.24, 2.45) is 5.73 Å². The topological polar surface area (TPSA) is 122 Å². The molecule has 8 heteroatoms. The van der Waals surface area contributed by atoms with Gasteiger partial charge in [-0.1, -0.05) is 12.1 Å². The standard InChI is InChI=1S/C17H21N3O5/c18-12-8-10-3-1-4-11(7-10)25-9-13(17(23)24)19-15(21)14-5-2-6-20(14)16(12)22/h1,3-4,7,12-14H,2,5-6,8-9,18H2,(H,19,21)(H,23,24)/t12-,13-,14?/m0/s1. The summed E-state index contributed by atoms with van der Waals surface area (Å²) in [4.78, 5) is 38.0. The summed E-state index contributed by atoms with van der Waals surface area (Å²) in [6.45, 7) is 0.246. The Bertz CT molecular complexity index is 693. The molecule has 3 atom stereocenters. The Labute approximate surface area is 144 Å². The smallest absolute Gasteiger partial charge is 0.329 e. The van der Waals surface area contributed by atoms with Crippen LogP contribution < -0.4 is 15.8 Å². The van der Waals surface area contributed by atoms with Crippen LogP contribution in [0.5, 0.6) is 5.75 Å². The van der Waals surface area contributed by atoms with Gasteiger partial charge in [0.05, 0.1) is 6.04 Å². The number of nitrogens with one attached hydrogen (secondary N) is 1. The monoisotopic (exact) mass is 347 g/mol. The molecular formula is C17H21N3O5. The third kappa shape index (κ3) is 3.74. The minimum absolute atomic E-state index is 0.197. The molecule has 1 aromatic rings. The largest absolute Gasteiger partial charge is 0.491 e. The van der Waals surface area contributed by atoms with Gasteiger partial charge in [0.25, 0.3) is 0 Å². The van der Waals surface area contributed by atoms with Crippen molar-refractivity contribution >= 4 is 17.8 Å². The number of aliphatic carboxylic acids is 1. The third-order valence-corrected chi connectivity index (χ3v) is 4.54. The van der Waals surface area contributed by atoms with Crippen molar-refractivity contribution in [3.63, 3.8) is 0 Å². The van der Waals surface area contributed by atoms with E-state index in [1.165, 1.54) is 4.90 Å². The molecule has 2 bridgehead atoms. The van der Waals surface area contributed by atoms with E-state index in [1.807, 2.05) is 6.07 Å². The summed E-state index contributed by atoms with van der Waals surface area (Å²) >= 11 is 0. The van der Waals surface area contributed by atoms with Crippen LogP contribution in [-0.4, -0.2) is 59.1 Å². The van der Waals surface area contributed by atoms with Crippen LogP contribution in [0.2, 0.25) is 0 Å². The van der Waals surface area contributed by atoms with Crippen LogP contribution >= 0.6 is 0 Å². The van der Waals surface area contributed by atoms with Crippen molar-refractivity contribution in [2.75, 3.05) is 13.2 Å². The van der Waals surface area contributed by atoms with Crippen molar-refractivity contribution in [1.29, 1.82) is 0 Å². The van der Waals surface area contributed by atoms with Gasteiger partial charge in [-0.15, -0.1) is 0 Å². The van der Waals surface area contributed by atoms with E-state index in [0.29, 0.717) is 31.6 Å². The number of rotatable bonds is 1. The molecule has 2 amide bonds. The Hall–Kier alpha value is -2.61. The molecule has 0 aromatic heterocycles. The van der Waals surface area contributed by atoms with Crippen LogP contribution in [0.25, 0.3) is 0 Å². The summed E-state index contributed by atoms with van der Waals surface area (Å²) < 4.78 is 5.52. The lowest BCUT2D eigenvalue weighted by Crippen LogP contribution is -2.55. The average Bonchev–Trinajstić information content (AvgIpc) is 3.06. The van der Waals surface area contributed by atoms with Crippen molar-refractivity contribution in [3.8, 4) is 5.75 Å². The Kier molecular flexibility index (Phi) is 4.89. The molecule has 1 fully saturated rings. The number of carbonyl (C=O) groups is 3. The maximum atomic E-state index is 12.7. The van der Waals surface area contributed by atoms with Crippen LogP contribution in [0.4, 0.5) is 0 Å². The van der Waals surface area contributed by atoms with Gasteiger partial charge < -0.3 is 25.8 Å². The summed E-state index contributed by atoms with van der Waals surface area (Å²) in [5, 5.41) is 11.8. The summed E-state index contributed by atoms with van der Waals surface area (Å²) in [5.41, 5.74) is 6.88. The summed E-state index contributed by atoms with van der Waals surface area (Å²) in [6, 6.07) is 4.36. The number of fused-ring (bicyclic) bond motifs is 3. The number of carboxylic acid groups (broad SMARTS) is 1. The highest BCUT2D eigenvalue weighted by atomic mass is 16.5. The van der Waals surface area contributed by atoms with Gasteiger partial charge in [-0.25, -0.2) is 4.79 Å². The first-order valence-corrected chi connectivity index (χ1v) is 8.26. The first-order valence-electron chi connectivity index (χ1n) is 8.26. The van der Waals surface area contributed by atoms with Crippen LogP contribution in [0.15, 0.2) is 24.3 Å². The molecule has 134 valence electrons. The highest BCUT2D eigenvalue weighted by Crippen LogP contribution is 2.21. The lowest BCUT2D eigenvalue weighted by Gasteiger charge is -2.27. The van der Waals surface area contributed by atoms with Gasteiger partial charge in [-0.3, -0.25) is 9.59 Å². The first kappa shape index (κ1) is 17.2. The number of benzene rings is 1. The number of nitrogens with zero attached hydrogens (tertiary/aromatic N) is 1. The molecule has 2 aliphatic heterocycles. The molecule has 0 radical (unpaired) electrons. The van der Waals surface area contributed by atoms with E-state index in [2.05, 4.69) is 5.32 Å². The molecule has 4 N–H and O–H groups in total. The SMILES string of the molecule is N[C@H]1Cc2cccc(c2)OC[C@@H](C(=O)O)NC(=O)C2CCCN2C1=O. The molecule has 1 aromatic carbocycles. The zero-order chi connectivity index (χ0) is 18.0. The van der Waals surface area contributed by atoms with Crippen molar-refractivity contribution in [3.05, 3.63) is 29.8 Å². The van der Waals surface area contributed by atoms with E-state index in [1.54, 1.807) is 18.2 Å². The molecule has 2 aliphatic rings. The minimum atomic E-state index is -1.19. The molecule has 1 unspecified atom stereocenters. The Morgan fingerprint density at radius 2 is 2.16 bits per heavy atom. The highest BCUT2D eigenvalue weighted by molar-refractivity contribution is 5.92. The molecule has 0 spiro atoms. The quantitative estimate of drug-likeness (QED) is 0.630. The second kappa shape index (κ2) is 7.10. The van der Waals surface area contributed by atoms with Gasteiger partial charge in [0.1, 0.15) is 18.4 Å². The number of ether oxygens (including phenoxy) is 1. The fourth-order valence-corrected chi connectivity index (χ4v) is 3.24. The van der Waals surface area contributed by atoms with Crippen LogP contribution in [0.1, 0.15) is 18.4 Å². The average molecular weight is 347 g/mol. The normalized spacial score (nSPS) is 27.2. The fraction of sp³-hybridized carbons (Fsp3) is 0.471. The van der Waals surface area contributed by atoms with E-state index >= 15 is 0 Å². The minimum Gasteiger partial charge on any atom is -0.491 e. The zero-order valence-corrected chi connectivity index (χ0v) is 13.7. The Morgan fingerprint density at radius 1 is 1.36 bits per heavy atom. The van der Waals surface area contributed by atoms with Crippen LogP contribution in [0.3, 0.4) is 0 Å². The molecule has 0 aliphatic carbocycles. The predicted molar refractivity (Wildman–Crippen MR) is 87.9 cm³/mol. The third-order valence-electron chi connectivity index (χ3n) is 4.54. The lowest BCUT2D eigenvalue weighted by atomic mass is 10.0. The van der Waals surface area contributed by atoms with Gasteiger partial charge in [0.2, 0.25) is 11.8 Å². The summed E-state index contributed by atoms with van der Waals surface area (Å²) in [6.07, 6.45) is 1.49. The highest BCUT2D eigenvalue weighted by Gasteiger charge is 2.37. The van der Waals surface area contributed by atoms with Gasteiger partial charge in [-0.05, 0) is 37.0 Å². The van der Waals surface area contributed by atoms with Crippen LogP contribution in [-0.2, 0) is 20.8 Å². The van der Waals surface area contributed by atoms with E-state index in [0.717, 1.165) is 5.56 Å². The van der Waals surface area contributed by atoms with Crippen LogP contribution in [0, 0.1) is 0 Å². The number of hydrogen-bond donors (Lipinski definition) is 3. The van der Waals surface area contributed by atoms with E-state index < -0.39 is 30.0 Å². The molecule has 2 heterocycles. The predicted octanol–water partition coefficient (Wildman–Crippen LogP) is -0.491. The van der Waals surface area contributed by atoms with Crippen molar-refractivity contribution in [1.82, 2.24) is 10.2 Å². The van der Waals surface area contributed by atoms with E-state index in [9.17, 15) is 19.5 Å². The number of amides is 2. The first-order chi connectivity index (χ1) is 12.0. The maximum absolute atomic E-state index is 12.7. The molecule has 3 rings (SSSR count). The van der Waals surface area contributed by atoms with E-state index in [-0.39, 0.29) is 12.5 Å². The molecule has 8 nitrogen and oxygen atoms in total. The zero-order valence-electron chi connectivity index (χ0n) is 13.7. The second-order valence-corrected chi connectivity index (χ2v) is 6.36. The Morgan fingerprint density at radius 3 is 2.92 bits per heavy atom.